The number of nitrogens with zero attached hydrogens (tertiary/aromatic N) is 2. The number of halogens is 1. The van der Waals surface area contributed by atoms with Crippen molar-refractivity contribution in [2.75, 3.05) is 6.61 Å². The fraction of sp³-hybridized carbons (Fsp3) is 0.308. The predicted octanol–water partition coefficient (Wildman–Crippen LogP) is 0.557. The Hall–Kier alpha value is -2.28. The molecule has 2 N–H and O–H groups in total. The number of carbonyl (C=O) groups is 1. The molecule has 2 rings (SSSR count). The summed E-state index contributed by atoms with van der Waals surface area (Å²) < 4.78 is 19.1. The Labute approximate surface area is 113 Å². The maximum atomic E-state index is 13.3. The average Bonchev–Trinajstić information content (AvgIpc) is 2.42. The molecule has 0 radical (unpaired) electrons. The van der Waals surface area contributed by atoms with Crippen molar-refractivity contribution in [1.29, 1.82) is 0 Å². The minimum atomic E-state index is -0.536. The van der Waals surface area contributed by atoms with Gasteiger partial charge in [-0.25, -0.2) is 9.07 Å². The fourth-order valence-corrected chi connectivity index (χ4v) is 1.93. The van der Waals surface area contributed by atoms with Gasteiger partial charge in [-0.3, -0.25) is 9.59 Å². The second-order valence-corrected chi connectivity index (χ2v) is 4.11. The lowest BCUT2D eigenvalue weighted by Gasteiger charge is -2.09. The summed E-state index contributed by atoms with van der Waals surface area (Å²) in [7, 11) is 0. The number of aromatic nitrogens is 2. The zero-order valence-electron chi connectivity index (χ0n) is 10.9. The van der Waals surface area contributed by atoms with Crippen LogP contribution < -0.4 is 11.3 Å². The molecule has 106 valence electrons. The highest BCUT2D eigenvalue weighted by molar-refractivity contribution is 5.87. The molecule has 0 bridgehead atoms. The van der Waals surface area contributed by atoms with Crippen molar-refractivity contribution in [3.8, 4) is 0 Å². The van der Waals surface area contributed by atoms with E-state index in [0.29, 0.717) is 11.1 Å². The number of hydrogen-bond donors (Lipinski definition) is 1. The number of esters is 1. The molecule has 0 saturated carbocycles. The third kappa shape index (κ3) is 2.67. The molecule has 2 aromatic rings. The molecule has 0 aliphatic rings. The number of ether oxygens (including phenoxy) is 1. The van der Waals surface area contributed by atoms with Gasteiger partial charge >= 0.3 is 5.97 Å². The monoisotopic (exact) mass is 279 g/mol. The maximum Gasteiger partial charge on any atom is 0.311 e. The number of benzene rings is 1. The molecule has 0 amide bonds. The number of hydrogen-bond acceptors (Lipinski definition) is 5. The summed E-state index contributed by atoms with van der Waals surface area (Å²) in [4.78, 5) is 23.6. The highest BCUT2D eigenvalue weighted by Crippen LogP contribution is 2.16. The van der Waals surface area contributed by atoms with Gasteiger partial charge in [0.25, 0.3) is 5.56 Å². The van der Waals surface area contributed by atoms with Gasteiger partial charge in [-0.2, -0.15) is 5.10 Å². The lowest BCUT2D eigenvalue weighted by Crippen LogP contribution is -2.28. The van der Waals surface area contributed by atoms with Gasteiger partial charge in [0.15, 0.2) is 0 Å². The Morgan fingerprint density at radius 1 is 1.45 bits per heavy atom. The van der Waals surface area contributed by atoms with Crippen molar-refractivity contribution in [3.63, 3.8) is 0 Å². The van der Waals surface area contributed by atoms with Crippen LogP contribution in [0.5, 0.6) is 0 Å². The van der Waals surface area contributed by atoms with Gasteiger partial charge in [0, 0.05) is 5.39 Å². The van der Waals surface area contributed by atoms with Gasteiger partial charge in [-0.05, 0) is 25.1 Å². The molecule has 1 aromatic heterocycles. The summed E-state index contributed by atoms with van der Waals surface area (Å²) in [6.07, 6.45) is -0.101. The first-order valence-corrected chi connectivity index (χ1v) is 6.11. The third-order valence-corrected chi connectivity index (χ3v) is 2.79. The first kappa shape index (κ1) is 14.1. The zero-order valence-corrected chi connectivity index (χ0v) is 10.9. The molecule has 0 spiro atoms. The van der Waals surface area contributed by atoms with E-state index in [4.69, 9.17) is 10.5 Å². The van der Waals surface area contributed by atoms with E-state index < -0.39 is 17.3 Å². The molecule has 7 heteroatoms. The minimum Gasteiger partial charge on any atom is -0.466 e. The minimum absolute atomic E-state index is 0.101. The quantitative estimate of drug-likeness (QED) is 0.826. The largest absolute Gasteiger partial charge is 0.466 e. The first-order valence-electron chi connectivity index (χ1n) is 6.11. The number of nitrogens with two attached hydrogens (primary N) is 1. The van der Waals surface area contributed by atoms with Gasteiger partial charge in [-0.15, -0.1) is 0 Å². The van der Waals surface area contributed by atoms with Gasteiger partial charge < -0.3 is 10.5 Å². The van der Waals surface area contributed by atoms with E-state index in [9.17, 15) is 14.0 Å². The van der Waals surface area contributed by atoms with Crippen LogP contribution in [0.3, 0.4) is 0 Å². The molecule has 0 fully saturated rings. The van der Waals surface area contributed by atoms with Gasteiger partial charge in [0.05, 0.1) is 30.8 Å². The van der Waals surface area contributed by atoms with Crippen molar-refractivity contribution >= 4 is 16.7 Å². The second kappa shape index (κ2) is 5.79. The summed E-state index contributed by atoms with van der Waals surface area (Å²) >= 11 is 0. The van der Waals surface area contributed by atoms with Crippen LogP contribution in [0, 0.1) is 5.82 Å². The number of carbonyl (C=O) groups excluding carboxylic acids is 1. The van der Waals surface area contributed by atoms with Gasteiger partial charge in [0.1, 0.15) is 5.82 Å². The highest BCUT2D eigenvalue weighted by atomic mass is 19.1. The van der Waals surface area contributed by atoms with E-state index >= 15 is 0 Å². The SMILES string of the molecule is CCOC(=O)Cc1nn(CN)c(=O)c2cc(F)ccc12. The van der Waals surface area contributed by atoms with Crippen molar-refractivity contribution in [2.24, 2.45) is 5.73 Å². The summed E-state index contributed by atoms with van der Waals surface area (Å²) in [5, 5.41) is 4.60. The third-order valence-electron chi connectivity index (χ3n) is 2.79. The first-order chi connectivity index (χ1) is 9.56. The van der Waals surface area contributed by atoms with Crippen LogP contribution in [0.15, 0.2) is 23.0 Å². The van der Waals surface area contributed by atoms with E-state index in [1.165, 1.54) is 12.1 Å². The zero-order chi connectivity index (χ0) is 14.7. The molecular formula is C13H14FN3O3. The Morgan fingerprint density at radius 3 is 2.85 bits per heavy atom. The molecule has 0 atom stereocenters. The summed E-state index contributed by atoms with van der Waals surface area (Å²) in [5.41, 5.74) is 5.27. The smallest absolute Gasteiger partial charge is 0.311 e. The Balaban J connectivity index is 2.61. The summed E-state index contributed by atoms with van der Waals surface area (Å²) in [5.74, 6) is -1.00. The van der Waals surface area contributed by atoms with Gasteiger partial charge in [-0.1, -0.05) is 0 Å². The van der Waals surface area contributed by atoms with Crippen LogP contribution in [0.25, 0.3) is 10.8 Å². The standard InChI is InChI=1S/C13H14FN3O3/c1-2-20-12(18)6-11-9-4-3-8(14)5-10(9)13(19)17(7-15)16-11/h3-5H,2,6-7,15H2,1H3. The van der Waals surface area contributed by atoms with Crippen LogP contribution in [0.4, 0.5) is 4.39 Å². The number of rotatable bonds is 4. The van der Waals surface area contributed by atoms with Crippen molar-refractivity contribution in [2.45, 2.75) is 20.0 Å². The normalized spacial score (nSPS) is 10.8. The lowest BCUT2D eigenvalue weighted by molar-refractivity contribution is -0.142. The highest BCUT2D eigenvalue weighted by Gasteiger charge is 2.14. The average molecular weight is 279 g/mol. The van der Waals surface area contributed by atoms with Crippen LogP contribution in [-0.2, 0) is 22.6 Å². The second-order valence-electron chi connectivity index (χ2n) is 4.11. The van der Waals surface area contributed by atoms with E-state index in [1.54, 1.807) is 6.92 Å². The van der Waals surface area contributed by atoms with E-state index in [1.807, 2.05) is 0 Å². The molecule has 20 heavy (non-hydrogen) atoms. The molecule has 0 saturated heterocycles. The van der Waals surface area contributed by atoms with Crippen molar-refractivity contribution in [1.82, 2.24) is 9.78 Å². The summed E-state index contributed by atoms with van der Waals surface area (Å²) in [6, 6.07) is 3.75. The summed E-state index contributed by atoms with van der Waals surface area (Å²) in [6.45, 7) is 1.79. The van der Waals surface area contributed by atoms with E-state index in [2.05, 4.69) is 5.10 Å². The molecular weight excluding hydrogens is 265 g/mol. The maximum absolute atomic E-state index is 13.3. The molecule has 0 aliphatic heterocycles. The van der Waals surface area contributed by atoms with Crippen molar-refractivity contribution in [3.05, 3.63) is 40.1 Å². The van der Waals surface area contributed by atoms with Crippen LogP contribution in [0.1, 0.15) is 12.6 Å². The van der Waals surface area contributed by atoms with E-state index in [0.717, 1.165) is 10.7 Å². The van der Waals surface area contributed by atoms with Crippen LogP contribution in [-0.4, -0.2) is 22.4 Å². The topological polar surface area (TPSA) is 87.2 Å². The van der Waals surface area contributed by atoms with E-state index in [-0.39, 0.29) is 25.1 Å². The van der Waals surface area contributed by atoms with Crippen LogP contribution in [0.2, 0.25) is 0 Å². The molecule has 0 unspecified atom stereocenters. The Kier molecular flexibility index (Phi) is 4.09. The number of fused-ring (bicyclic) bond motifs is 1. The molecule has 6 nitrogen and oxygen atoms in total. The molecule has 0 aliphatic carbocycles. The predicted molar refractivity (Wildman–Crippen MR) is 70.5 cm³/mol. The van der Waals surface area contributed by atoms with Crippen molar-refractivity contribution < 1.29 is 13.9 Å². The van der Waals surface area contributed by atoms with Gasteiger partial charge in [0.2, 0.25) is 0 Å². The fourth-order valence-electron chi connectivity index (χ4n) is 1.93. The Morgan fingerprint density at radius 2 is 2.20 bits per heavy atom. The van der Waals surface area contributed by atoms with Crippen LogP contribution >= 0.6 is 0 Å². The Bertz CT molecular complexity index is 712. The molecule has 1 heterocycles. The lowest BCUT2D eigenvalue weighted by atomic mass is 10.1. The molecule has 1 aromatic carbocycles.